The molecule has 19 heavy (non-hydrogen) atoms. The molecule has 0 aromatic heterocycles. The van der Waals surface area contributed by atoms with Gasteiger partial charge in [-0.15, -0.1) is 0 Å². The second kappa shape index (κ2) is 5.61. The van der Waals surface area contributed by atoms with Crippen LogP contribution in [0.2, 0.25) is 5.02 Å². The van der Waals surface area contributed by atoms with Crippen molar-refractivity contribution >= 4 is 27.3 Å². The summed E-state index contributed by atoms with van der Waals surface area (Å²) in [4.78, 5) is 0.0347. The van der Waals surface area contributed by atoms with Crippen molar-refractivity contribution in [1.82, 2.24) is 0 Å². The summed E-state index contributed by atoms with van der Waals surface area (Å²) in [6, 6.07) is 14.0. The van der Waals surface area contributed by atoms with Crippen LogP contribution >= 0.6 is 11.6 Å². The van der Waals surface area contributed by atoms with Gasteiger partial charge in [0, 0.05) is 6.54 Å². The molecule has 2 aromatic carbocycles. The van der Waals surface area contributed by atoms with Crippen LogP contribution in [0, 0.1) is 0 Å². The Kier molecular flexibility index (Phi) is 4.09. The standard InChI is InChI=1S/C13H13ClN2O2S/c14-12-7-6-11(19(15,17)18)8-13(12)16-9-10-4-2-1-3-5-10/h1-8,16H,9H2,(H2,15,17,18). The van der Waals surface area contributed by atoms with Crippen molar-refractivity contribution in [2.24, 2.45) is 5.14 Å². The van der Waals surface area contributed by atoms with E-state index in [2.05, 4.69) is 5.32 Å². The Morgan fingerprint density at radius 3 is 2.42 bits per heavy atom. The summed E-state index contributed by atoms with van der Waals surface area (Å²) in [7, 11) is -3.72. The van der Waals surface area contributed by atoms with Crippen LogP contribution in [0.15, 0.2) is 53.4 Å². The molecular weight excluding hydrogens is 284 g/mol. The average Bonchev–Trinajstić information content (AvgIpc) is 2.37. The van der Waals surface area contributed by atoms with Gasteiger partial charge in [0.05, 0.1) is 15.6 Å². The summed E-state index contributed by atoms with van der Waals surface area (Å²) in [5, 5.41) is 8.62. The molecule has 0 aliphatic rings. The van der Waals surface area contributed by atoms with Gasteiger partial charge in [0.1, 0.15) is 0 Å². The molecule has 0 atom stereocenters. The van der Waals surface area contributed by atoms with E-state index in [0.29, 0.717) is 17.3 Å². The smallest absolute Gasteiger partial charge is 0.238 e. The maximum absolute atomic E-state index is 11.3. The van der Waals surface area contributed by atoms with Crippen molar-refractivity contribution in [3.8, 4) is 0 Å². The van der Waals surface area contributed by atoms with E-state index in [9.17, 15) is 8.42 Å². The molecule has 0 unspecified atom stereocenters. The van der Waals surface area contributed by atoms with Crippen LogP contribution in [-0.4, -0.2) is 8.42 Å². The summed E-state index contributed by atoms with van der Waals surface area (Å²) < 4.78 is 22.6. The van der Waals surface area contributed by atoms with Crippen molar-refractivity contribution in [3.63, 3.8) is 0 Å². The van der Waals surface area contributed by atoms with Crippen molar-refractivity contribution in [2.75, 3.05) is 5.32 Å². The second-order valence-corrected chi connectivity index (χ2v) is 5.99. The number of hydrogen-bond acceptors (Lipinski definition) is 3. The fourth-order valence-electron chi connectivity index (χ4n) is 1.61. The van der Waals surface area contributed by atoms with E-state index < -0.39 is 10.0 Å². The third-order valence-electron chi connectivity index (χ3n) is 2.59. The lowest BCUT2D eigenvalue weighted by atomic mass is 10.2. The number of rotatable bonds is 4. The highest BCUT2D eigenvalue weighted by Gasteiger charge is 2.10. The molecule has 100 valence electrons. The first-order valence-electron chi connectivity index (χ1n) is 5.57. The van der Waals surface area contributed by atoms with E-state index in [1.807, 2.05) is 30.3 Å². The molecule has 0 heterocycles. The van der Waals surface area contributed by atoms with Gasteiger partial charge in [0.15, 0.2) is 0 Å². The molecule has 0 spiro atoms. The largest absolute Gasteiger partial charge is 0.380 e. The molecule has 0 bridgehead atoms. The second-order valence-electron chi connectivity index (χ2n) is 4.03. The molecule has 0 saturated carbocycles. The van der Waals surface area contributed by atoms with Crippen molar-refractivity contribution in [2.45, 2.75) is 11.4 Å². The topological polar surface area (TPSA) is 72.2 Å². The Bertz CT molecular complexity index is 672. The first kappa shape index (κ1) is 13.9. The highest BCUT2D eigenvalue weighted by molar-refractivity contribution is 7.89. The van der Waals surface area contributed by atoms with Gasteiger partial charge >= 0.3 is 0 Å². The van der Waals surface area contributed by atoms with E-state index in [1.165, 1.54) is 18.2 Å². The van der Waals surface area contributed by atoms with E-state index in [0.717, 1.165) is 5.56 Å². The van der Waals surface area contributed by atoms with Gasteiger partial charge in [0.2, 0.25) is 10.0 Å². The lowest BCUT2D eigenvalue weighted by molar-refractivity contribution is 0.598. The fourth-order valence-corrected chi connectivity index (χ4v) is 2.33. The normalized spacial score (nSPS) is 11.3. The summed E-state index contributed by atoms with van der Waals surface area (Å²) in [6.07, 6.45) is 0. The Hall–Kier alpha value is -1.56. The van der Waals surface area contributed by atoms with Crippen LogP contribution in [-0.2, 0) is 16.6 Å². The number of sulfonamides is 1. The average molecular weight is 297 g/mol. The van der Waals surface area contributed by atoms with Gasteiger partial charge < -0.3 is 5.32 Å². The molecule has 0 radical (unpaired) electrons. The molecule has 0 fully saturated rings. The third-order valence-corrected chi connectivity index (χ3v) is 3.83. The molecule has 0 aliphatic carbocycles. The molecule has 6 heteroatoms. The van der Waals surface area contributed by atoms with Crippen molar-refractivity contribution in [1.29, 1.82) is 0 Å². The molecule has 0 aliphatic heterocycles. The molecular formula is C13H13ClN2O2S. The third kappa shape index (κ3) is 3.70. The first-order valence-corrected chi connectivity index (χ1v) is 7.49. The minimum Gasteiger partial charge on any atom is -0.380 e. The van der Waals surface area contributed by atoms with Crippen LogP contribution in [0.4, 0.5) is 5.69 Å². The number of primary sulfonamides is 1. The molecule has 0 amide bonds. The van der Waals surface area contributed by atoms with Crippen molar-refractivity contribution < 1.29 is 8.42 Å². The monoisotopic (exact) mass is 296 g/mol. The van der Waals surface area contributed by atoms with Crippen LogP contribution in [0.3, 0.4) is 0 Å². The van der Waals surface area contributed by atoms with Crippen LogP contribution in [0.25, 0.3) is 0 Å². The highest BCUT2D eigenvalue weighted by Crippen LogP contribution is 2.25. The maximum atomic E-state index is 11.3. The Morgan fingerprint density at radius 1 is 1.11 bits per heavy atom. The molecule has 2 rings (SSSR count). The number of halogens is 1. The minimum absolute atomic E-state index is 0.0347. The molecule has 3 N–H and O–H groups in total. The van der Waals surface area contributed by atoms with E-state index >= 15 is 0 Å². The quantitative estimate of drug-likeness (QED) is 0.911. The number of hydrogen-bond donors (Lipinski definition) is 2. The van der Waals surface area contributed by atoms with Crippen LogP contribution < -0.4 is 10.5 Å². The summed E-state index contributed by atoms with van der Waals surface area (Å²) in [6.45, 7) is 0.550. The fraction of sp³-hybridized carbons (Fsp3) is 0.0769. The zero-order chi connectivity index (χ0) is 13.9. The van der Waals surface area contributed by atoms with Gasteiger partial charge in [-0.3, -0.25) is 0 Å². The molecule has 0 saturated heterocycles. The summed E-state index contributed by atoms with van der Waals surface area (Å²) in [5.74, 6) is 0. The zero-order valence-corrected chi connectivity index (χ0v) is 11.6. The van der Waals surface area contributed by atoms with E-state index in [-0.39, 0.29) is 4.90 Å². The Morgan fingerprint density at radius 2 is 1.79 bits per heavy atom. The van der Waals surface area contributed by atoms with E-state index in [4.69, 9.17) is 16.7 Å². The van der Waals surface area contributed by atoms with Gasteiger partial charge in [-0.1, -0.05) is 41.9 Å². The predicted molar refractivity (Wildman–Crippen MR) is 76.6 cm³/mol. The van der Waals surface area contributed by atoms with Crippen LogP contribution in [0.5, 0.6) is 0 Å². The van der Waals surface area contributed by atoms with Gasteiger partial charge in [-0.2, -0.15) is 0 Å². The SMILES string of the molecule is NS(=O)(=O)c1ccc(Cl)c(NCc2ccccc2)c1. The number of nitrogens with one attached hydrogen (secondary N) is 1. The van der Waals surface area contributed by atoms with Gasteiger partial charge in [-0.25, -0.2) is 13.6 Å². The number of anilines is 1. The minimum atomic E-state index is -3.72. The zero-order valence-electron chi connectivity index (χ0n) is 10.0. The van der Waals surface area contributed by atoms with Crippen LogP contribution in [0.1, 0.15) is 5.56 Å². The molecule has 2 aromatic rings. The van der Waals surface area contributed by atoms with Gasteiger partial charge in [-0.05, 0) is 23.8 Å². The number of benzene rings is 2. The molecule has 4 nitrogen and oxygen atoms in total. The highest BCUT2D eigenvalue weighted by atomic mass is 35.5. The van der Waals surface area contributed by atoms with Crippen molar-refractivity contribution in [3.05, 3.63) is 59.1 Å². The summed E-state index contributed by atoms with van der Waals surface area (Å²) in [5.41, 5.74) is 1.61. The Balaban J connectivity index is 2.21. The van der Waals surface area contributed by atoms with E-state index in [1.54, 1.807) is 0 Å². The van der Waals surface area contributed by atoms with Gasteiger partial charge in [0.25, 0.3) is 0 Å². The summed E-state index contributed by atoms with van der Waals surface area (Å²) >= 11 is 6.01. The lowest BCUT2D eigenvalue weighted by Gasteiger charge is -2.10. The Labute approximate surface area is 117 Å². The predicted octanol–water partition coefficient (Wildman–Crippen LogP) is 2.60. The maximum Gasteiger partial charge on any atom is 0.238 e. The first-order chi connectivity index (χ1) is 8.97. The lowest BCUT2D eigenvalue weighted by Crippen LogP contribution is -2.12. The number of nitrogens with two attached hydrogens (primary N) is 1.